The number of hydrogen-bond acceptors (Lipinski definition) is 7. The number of ether oxygens (including phenoxy) is 1. The van der Waals surface area contributed by atoms with Crippen LogP contribution in [0.1, 0.15) is 12.8 Å². The number of hydrogen-bond donors (Lipinski definition) is 2. The quantitative estimate of drug-likeness (QED) is 0.478. The molecule has 1 saturated heterocycles. The van der Waals surface area contributed by atoms with Crippen molar-refractivity contribution in [2.24, 2.45) is 0 Å². The van der Waals surface area contributed by atoms with Gasteiger partial charge in [0.1, 0.15) is 29.5 Å². The summed E-state index contributed by atoms with van der Waals surface area (Å²) in [5.41, 5.74) is 7.91. The third-order valence-electron chi connectivity index (χ3n) is 5.80. The fraction of sp³-hybridized carbons (Fsp3) is 0.296. The van der Waals surface area contributed by atoms with Crippen molar-refractivity contribution >= 4 is 17.5 Å². The summed E-state index contributed by atoms with van der Waals surface area (Å²) >= 11 is 0. The number of likely N-dealkylation sites (tertiary alicyclic amines) is 1. The van der Waals surface area contributed by atoms with Gasteiger partial charge in [-0.1, -0.05) is 36.4 Å². The number of anilines is 2. The summed E-state index contributed by atoms with van der Waals surface area (Å²) in [6.45, 7) is 2.10. The Hall–Kier alpha value is -3.91. The highest BCUT2D eigenvalue weighted by Crippen LogP contribution is 2.33. The van der Waals surface area contributed by atoms with Crippen LogP contribution in [0.4, 0.5) is 11.6 Å². The standard InChI is InChI=1S/C27H32N6O2/c1-32(2)16-7-11-24(34)33-17-6-8-21(18-33)31-27-25(26(28)29-19-30-27)20-12-14-23(15-13-20)35-22-9-4-3-5-10-22/h3-5,7,9-15,19,21H,6,8,16-18H2,1-2H3,(H3,28,29,30,31). The highest BCUT2D eigenvalue weighted by molar-refractivity contribution is 5.88. The fourth-order valence-electron chi connectivity index (χ4n) is 4.07. The minimum absolute atomic E-state index is 0.0368. The lowest BCUT2D eigenvalue weighted by Gasteiger charge is -2.33. The predicted molar refractivity (Wildman–Crippen MR) is 139 cm³/mol. The zero-order valence-corrected chi connectivity index (χ0v) is 20.2. The number of piperidine rings is 1. The topological polar surface area (TPSA) is 96.6 Å². The number of nitrogens with two attached hydrogens (primary N) is 1. The molecule has 1 fully saturated rings. The number of carbonyl (C=O) groups excluding carboxylic acids is 1. The number of nitrogens with zero attached hydrogens (tertiary/aromatic N) is 4. The molecule has 2 aromatic carbocycles. The summed E-state index contributed by atoms with van der Waals surface area (Å²) in [5.74, 6) is 2.60. The smallest absolute Gasteiger partial charge is 0.246 e. The molecule has 1 aromatic heterocycles. The van der Waals surface area contributed by atoms with Crippen LogP contribution in [0.25, 0.3) is 11.1 Å². The first-order chi connectivity index (χ1) is 17.0. The molecule has 182 valence electrons. The van der Waals surface area contributed by atoms with Crippen LogP contribution in [-0.4, -0.2) is 65.4 Å². The summed E-state index contributed by atoms with van der Waals surface area (Å²) in [7, 11) is 3.95. The highest BCUT2D eigenvalue weighted by atomic mass is 16.5. The van der Waals surface area contributed by atoms with E-state index in [0.717, 1.165) is 48.6 Å². The molecular weight excluding hydrogens is 440 g/mol. The maximum absolute atomic E-state index is 12.6. The van der Waals surface area contributed by atoms with Gasteiger partial charge in [-0.05, 0) is 56.8 Å². The highest BCUT2D eigenvalue weighted by Gasteiger charge is 2.24. The van der Waals surface area contributed by atoms with E-state index in [1.54, 1.807) is 6.08 Å². The number of nitrogens with one attached hydrogen (secondary N) is 1. The first-order valence-electron chi connectivity index (χ1n) is 11.8. The first-order valence-corrected chi connectivity index (χ1v) is 11.8. The van der Waals surface area contributed by atoms with Crippen LogP contribution < -0.4 is 15.8 Å². The summed E-state index contributed by atoms with van der Waals surface area (Å²) < 4.78 is 5.90. The number of aromatic nitrogens is 2. The Labute approximate surface area is 206 Å². The Morgan fingerprint density at radius 2 is 1.89 bits per heavy atom. The number of likely N-dealkylation sites (N-methyl/N-ethyl adjacent to an activating group) is 1. The Bertz CT molecular complexity index is 1150. The van der Waals surface area contributed by atoms with Gasteiger partial charge in [-0.25, -0.2) is 9.97 Å². The normalized spacial score (nSPS) is 16.0. The lowest BCUT2D eigenvalue weighted by atomic mass is 10.0. The van der Waals surface area contributed by atoms with Crippen LogP contribution >= 0.6 is 0 Å². The molecule has 0 radical (unpaired) electrons. The van der Waals surface area contributed by atoms with Crippen molar-refractivity contribution in [2.45, 2.75) is 18.9 Å². The third kappa shape index (κ3) is 6.58. The van der Waals surface area contributed by atoms with Crippen LogP contribution in [0.2, 0.25) is 0 Å². The molecule has 3 N–H and O–H groups in total. The van der Waals surface area contributed by atoms with Gasteiger partial charge in [-0.3, -0.25) is 4.79 Å². The predicted octanol–water partition coefficient (Wildman–Crippen LogP) is 4.04. The summed E-state index contributed by atoms with van der Waals surface area (Å²) in [4.78, 5) is 25.2. The van der Waals surface area contributed by atoms with E-state index in [4.69, 9.17) is 10.5 Å². The maximum atomic E-state index is 12.6. The van der Waals surface area contributed by atoms with Gasteiger partial charge in [0.25, 0.3) is 0 Å². The van der Waals surface area contributed by atoms with E-state index in [9.17, 15) is 4.79 Å². The molecule has 1 unspecified atom stereocenters. The lowest BCUT2D eigenvalue weighted by Crippen LogP contribution is -2.44. The zero-order chi connectivity index (χ0) is 24.6. The van der Waals surface area contributed by atoms with E-state index in [1.165, 1.54) is 6.33 Å². The van der Waals surface area contributed by atoms with Gasteiger partial charge < -0.3 is 25.6 Å². The largest absolute Gasteiger partial charge is 0.457 e. The van der Waals surface area contributed by atoms with Crippen LogP contribution in [-0.2, 0) is 4.79 Å². The second-order valence-electron chi connectivity index (χ2n) is 8.85. The lowest BCUT2D eigenvalue weighted by molar-refractivity contribution is -0.127. The number of para-hydroxylation sites is 1. The molecule has 1 aliphatic heterocycles. The van der Waals surface area contributed by atoms with E-state index < -0.39 is 0 Å². The fourth-order valence-corrected chi connectivity index (χ4v) is 4.07. The van der Waals surface area contributed by atoms with Crippen LogP contribution in [0.3, 0.4) is 0 Å². The van der Waals surface area contributed by atoms with Gasteiger partial charge in [-0.15, -0.1) is 0 Å². The molecule has 1 amide bonds. The molecular formula is C27H32N6O2. The van der Waals surface area contributed by atoms with E-state index >= 15 is 0 Å². The molecule has 3 aromatic rings. The van der Waals surface area contributed by atoms with Gasteiger partial charge in [0, 0.05) is 31.8 Å². The van der Waals surface area contributed by atoms with Crippen molar-refractivity contribution in [1.29, 1.82) is 0 Å². The average Bonchev–Trinajstić information content (AvgIpc) is 2.85. The molecule has 0 aliphatic carbocycles. The van der Waals surface area contributed by atoms with Crippen molar-refractivity contribution < 1.29 is 9.53 Å². The van der Waals surface area contributed by atoms with Crippen molar-refractivity contribution in [1.82, 2.24) is 19.8 Å². The molecule has 1 atom stereocenters. The second kappa shape index (κ2) is 11.5. The minimum atomic E-state index is 0.0368. The molecule has 0 bridgehead atoms. The van der Waals surface area contributed by atoms with Crippen molar-refractivity contribution in [2.75, 3.05) is 44.8 Å². The molecule has 8 nitrogen and oxygen atoms in total. The average molecular weight is 473 g/mol. The summed E-state index contributed by atoms with van der Waals surface area (Å²) in [5, 5.41) is 3.51. The Morgan fingerprint density at radius 1 is 1.14 bits per heavy atom. The van der Waals surface area contributed by atoms with E-state index in [2.05, 4.69) is 15.3 Å². The van der Waals surface area contributed by atoms with E-state index in [-0.39, 0.29) is 11.9 Å². The zero-order valence-electron chi connectivity index (χ0n) is 20.2. The van der Waals surface area contributed by atoms with Gasteiger partial charge in [0.05, 0.1) is 5.56 Å². The molecule has 1 aliphatic rings. The Balaban J connectivity index is 1.46. The summed E-state index contributed by atoms with van der Waals surface area (Å²) in [6.07, 6.45) is 6.89. The Kier molecular flexibility index (Phi) is 7.95. The number of rotatable bonds is 8. The van der Waals surface area contributed by atoms with E-state index in [0.29, 0.717) is 18.2 Å². The van der Waals surface area contributed by atoms with Crippen LogP contribution in [0, 0.1) is 0 Å². The van der Waals surface area contributed by atoms with Crippen LogP contribution in [0.15, 0.2) is 73.1 Å². The molecule has 0 spiro atoms. The van der Waals surface area contributed by atoms with E-state index in [1.807, 2.05) is 84.6 Å². The van der Waals surface area contributed by atoms with Crippen molar-refractivity contribution in [3.63, 3.8) is 0 Å². The molecule has 4 rings (SSSR count). The monoisotopic (exact) mass is 472 g/mol. The molecule has 0 saturated carbocycles. The van der Waals surface area contributed by atoms with Crippen molar-refractivity contribution in [3.8, 4) is 22.6 Å². The van der Waals surface area contributed by atoms with Gasteiger partial charge in [0.2, 0.25) is 5.91 Å². The number of amides is 1. The minimum Gasteiger partial charge on any atom is -0.457 e. The second-order valence-corrected chi connectivity index (χ2v) is 8.85. The summed E-state index contributed by atoms with van der Waals surface area (Å²) in [6, 6.07) is 17.4. The number of benzene rings is 2. The van der Waals surface area contributed by atoms with Gasteiger partial charge in [-0.2, -0.15) is 0 Å². The Morgan fingerprint density at radius 3 is 2.63 bits per heavy atom. The SMILES string of the molecule is CN(C)CC=CC(=O)N1CCCC(Nc2ncnc(N)c2-c2ccc(Oc3ccccc3)cc2)C1. The van der Waals surface area contributed by atoms with Gasteiger partial charge >= 0.3 is 0 Å². The maximum Gasteiger partial charge on any atom is 0.246 e. The molecule has 35 heavy (non-hydrogen) atoms. The van der Waals surface area contributed by atoms with Crippen LogP contribution in [0.5, 0.6) is 11.5 Å². The number of nitrogen functional groups attached to an aromatic ring is 1. The van der Waals surface area contributed by atoms with Gasteiger partial charge in [0.15, 0.2) is 0 Å². The first kappa shape index (κ1) is 24.2. The third-order valence-corrected chi connectivity index (χ3v) is 5.80. The number of carbonyl (C=O) groups is 1. The van der Waals surface area contributed by atoms with Crippen molar-refractivity contribution in [3.05, 3.63) is 73.1 Å². The molecule has 2 heterocycles. The molecule has 8 heteroatoms.